The van der Waals surface area contributed by atoms with E-state index in [1.54, 1.807) is 17.0 Å². The first-order valence-corrected chi connectivity index (χ1v) is 13.5. The minimum Gasteiger partial charge on any atom is -0.348 e. The maximum atomic E-state index is 13.2. The van der Waals surface area contributed by atoms with Crippen molar-refractivity contribution < 1.29 is 18.0 Å². The quantitative estimate of drug-likeness (QED) is 0.630. The van der Waals surface area contributed by atoms with Crippen LogP contribution in [-0.4, -0.2) is 32.8 Å². The summed E-state index contributed by atoms with van der Waals surface area (Å²) in [6.07, 6.45) is 3.81. The van der Waals surface area contributed by atoms with Crippen LogP contribution in [0.5, 0.6) is 0 Å². The minimum atomic E-state index is -3.93. The van der Waals surface area contributed by atoms with Crippen LogP contribution < -0.4 is 14.9 Å². The summed E-state index contributed by atoms with van der Waals surface area (Å²) < 4.78 is 29.1. The van der Waals surface area contributed by atoms with Gasteiger partial charge in [-0.3, -0.25) is 9.59 Å². The van der Waals surface area contributed by atoms with E-state index in [0.717, 1.165) is 36.1 Å². The third kappa shape index (κ3) is 4.88. The molecule has 0 aromatic heterocycles. The fraction of sp³-hybridized carbons (Fsp3) is 0.462. The van der Waals surface area contributed by atoms with E-state index < -0.39 is 16.1 Å². The maximum absolute atomic E-state index is 13.2. The molecule has 2 aliphatic rings. The van der Waals surface area contributed by atoms with Gasteiger partial charge in [0.25, 0.3) is 0 Å². The number of amides is 2. The lowest BCUT2D eigenvalue weighted by molar-refractivity contribution is -0.124. The molecule has 0 saturated carbocycles. The van der Waals surface area contributed by atoms with Crippen molar-refractivity contribution in [3.05, 3.63) is 59.2 Å². The van der Waals surface area contributed by atoms with Crippen molar-refractivity contribution in [1.29, 1.82) is 0 Å². The molecule has 1 aliphatic heterocycles. The number of hydrogen-bond donors (Lipinski definition) is 2. The largest absolute Gasteiger partial charge is 0.348 e. The smallest absolute Gasteiger partial charge is 0.241 e. The second kappa shape index (κ2) is 9.88. The first kappa shape index (κ1) is 24.4. The number of nitrogens with zero attached hydrogens (tertiary/aromatic N) is 1. The summed E-state index contributed by atoms with van der Waals surface area (Å²) >= 11 is 0. The Bertz CT molecular complexity index is 1190. The Morgan fingerprint density at radius 2 is 1.85 bits per heavy atom. The van der Waals surface area contributed by atoms with Gasteiger partial charge in [-0.2, -0.15) is 4.72 Å². The van der Waals surface area contributed by atoms with Gasteiger partial charge in [0.05, 0.1) is 10.9 Å². The van der Waals surface area contributed by atoms with Crippen molar-refractivity contribution in [2.75, 3.05) is 11.4 Å². The molecule has 34 heavy (non-hydrogen) atoms. The van der Waals surface area contributed by atoms with Gasteiger partial charge in [0.2, 0.25) is 21.8 Å². The summed E-state index contributed by atoms with van der Waals surface area (Å²) in [7, 11) is -3.93. The summed E-state index contributed by atoms with van der Waals surface area (Å²) in [4.78, 5) is 27.2. The summed E-state index contributed by atoms with van der Waals surface area (Å²) in [5, 5.41) is 3.09. The highest BCUT2D eigenvalue weighted by Gasteiger charge is 2.32. The third-order valence-electron chi connectivity index (χ3n) is 6.78. The van der Waals surface area contributed by atoms with Gasteiger partial charge in [0, 0.05) is 18.7 Å². The first-order valence-electron chi connectivity index (χ1n) is 12.0. The van der Waals surface area contributed by atoms with E-state index in [-0.39, 0.29) is 28.7 Å². The number of carbonyl (C=O) groups excluding carboxylic acids is 2. The molecule has 0 fully saturated rings. The molecule has 182 valence electrons. The van der Waals surface area contributed by atoms with Gasteiger partial charge in [0.15, 0.2) is 0 Å². The summed E-state index contributed by atoms with van der Waals surface area (Å²) in [6, 6.07) is 11.9. The minimum absolute atomic E-state index is 0.0216. The molecule has 2 aromatic rings. The molecule has 2 atom stereocenters. The molecule has 4 rings (SSSR count). The number of anilines is 1. The SMILES string of the molecule is CCC(=O)N1CCc2cc(S(=O)(=O)N[C@@H](C(=O)N[C@@H]3CCCc4ccccc43)C(C)C)ccc21. The fourth-order valence-electron chi connectivity index (χ4n) is 4.89. The molecule has 1 heterocycles. The van der Waals surface area contributed by atoms with Gasteiger partial charge in [-0.1, -0.05) is 45.0 Å². The Kier molecular flexibility index (Phi) is 7.09. The van der Waals surface area contributed by atoms with Crippen molar-refractivity contribution in [2.45, 2.75) is 69.9 Å². The molecular weight excluding hydrogens is 450 g/mol. The van der Waals surface area contributed by atoms with Crippen LogP contribution in [0, 0.1) is 5.92 Å². The van der Waals surface area contributed by atoms with Gasteiger partial charge >= 0.3 is 0 Å². The summed E-state index contributed by atoms with van der Waals surface area (Å²) in [5.41, 5.74) is 3.93. The van der Waals surface area contributed by atoms with Crippen LogP contribution in [0.1, 0.15) is 62.8 Å². The normalized spacial score (nSPS) is 18.4. The van der Waals surface area contributed by atoms with Crippen molar-refractivity contribution >= 4 is 27.5 Å². The molecule has 2 amide bonds. The van der Waals surface area contributed by atoms with Gasteiger partial charge in [-0.15, -0.1) is 0 Å². The van der Waals surface area contributed by atoms with Crippen LogP contribution in [0.15, 0.2) is 47.4 Å². The van der Waals surface area contributed by atoms with Crippen molar-refractivity contribution in [3.8, 4) is 0 Å². The van der Waals surface area contributed by atoms with Crippen LogP contribution in [0.2, 0.25) is 0 Å². The number of aryl methyl sites for hydroxylation is 1. The van der Waals surface area contributed by atoms with Crippen LogP contribution >= 0.6 is 0 Å². The van der Waals surface area contributed by atoms with Gasteiger partial charge in [-0.05, 0) is 66.5 Å². The second-order valence-electron chi connectivity index (χ2n) is 9.43. The number of carbonyl (C=O) groups is 2. The van der Waals surface area contributed by atoms with E-state index in [9.17, 15) is 18.0 Å². The highest BCUT2D eigenvalue weighted by atomic mass is 32.2. The van der Waals surface area contributed by atoms with Crippen molar-refractivity contribution in [2.24, 2.45) is 5.92 Å². The Morgan fingerprint density at radius 1 is 1.09 bits per heavy atom. The standard InChI is InChI=1S/C26H33N3O4S/c1-4-24(30)29-15-14-19-16-20(12-13-23(19)29)34(32,33)28-25(17(2)3)26(31)27-22-11-7-9-18-8-5-6-10-21(18)22/h5-6,8,10,12-13,16-17,22,25,28H,4,7,9,11,14-15H2,1-3H3,(H,27,31)/t22-,25-/m1/s1. The van der Waals surface area contributed by atoms with Gasteiger partial charge < -0.3 is 10.2 Å². The van der Waals surface area contributed by atoms with Gasteiger partial charge in [-0.25, -0.2) is 8.42 Å². The molecule has 7 nitrogen and oxygen atoms in total. The van der Waals surface area contributed by atoms with Crippen molar-refractivity contribution in [1.82, 2.24) is 10.0 Å². The van der Waals surface area contributed by atoms with Crippen LogP contribution in [0.25, 0.3) is 0 Å². The Hall–Kier alpha value is -2.71. The van der Waals surface area contributed by atoms with Crippen molar-refractivity contribution in [3.63, 3.8) is 0 Å². The zero-order valence-electron chi connectivity index (χ0n) is 20.0. The third-order valence-corrected chi connectivity index (χ3v) is 8.22. The van der Waals surface area contributed by atoms with E-state index in [1.165, 1.54) is 11.6 Å². The maximum Gasteiger partial charge on any atom is 0.241 e. The van der Waals surface area contributed by atoms with E-state index >= 15 is 0 Å². The highest BCUT2D eigenvalue weighted by Crippen LogP contribution is 2.32. The molecule has 0 saturated heterocycles. The topological polar surface area (TPSA) is 95.6 Å². The Morgan fingerprint density at radius 3 is 2.59 bits per heavy atom. The van der Waals surface area contributed by atoms with Crippen LogP contribution in [0.3, 0.4) is 0 Å². The Labute approximate surface area is 202 Å². The predicted molar refractivity (Wildman–Crippen MR) is 132 cm³/mol. The van der Waals surface area contributed by atoms with Gasteiger partial charge in [0.1, 0.15) is 6.04 Å². The second-order valence-corrected chi connectivity index (χ2v) is 11.1. The number of sulfonamides is 1. The lowest BCUT2D eigenvalue weighted by atomic mass is 9.87. The molecule has 0 unspecified atom stereocenters. The lowest BCUT2D eigenvalue weighted by Crippen LogP contribution is -2.50. The molecule has 2 aromatic carbocycles. The number of benzene rings is 2. The lowest BCUT2D eigenvalue weighted by Gasteiger charge is -2.29. The predicted octanol–water partition coefficient (Wildman–Crippen LogP) is 3.48. The highest BCUT2D eigenvalue weighted by molar-refractivity contribution is 7.89. The van der Waals surface area contributed by atoms with E-state index in [0.29, 0.717) is 19.4 Å². The van der Waals surface area contributed by atoms with Crippen LogP contribution in [0.4, 0.5) is 5.69 Å². The average molecular weight is 484 g/mol. The molecule has 2 N–H and O–H groups in total. The van der Waals surface area contributed by atoms with E-state index in [1.807, 2.05) is 39.0 Å². The fourth-order valence-corrected chi connectivity index (χ4v) is 6.28. The monoisotopic (exact) mass is 483 g/mol. The van der Waals surface area contributed by atoms with Crippen LogP contribution in [-0.2, 0) is 32.5 Å². The van der Waals surface area contributed by atoms with E-state index in [4.69, 9.17) is 0 Å². The molecular formula is C26H33N3O4S. The number of rotatable bonds is 7. The number of fused-ring (bicyclic) bond motifs is 2. The number of hydrogen-bond acceptors (Lipinski definition) is 4. The first-order chi connectivity index (χ1) is 16.2. The number of nitrogens with one attached hydrogen (secondary N) is 2. The van der Waals surface area contributed by atoms with E-state index in [2.05, 4.69) is 16.1 Å². The molecule has 0 radical (unpaired) electrons. The zero-order valence-corrected chi connectivity index (χ0v) is 20.8. The zero-order chi connectivity index (χ0) is 24.5. The Balaban J connectivity index is 1.52. The average Bonchev–Trinajstić information content (AvgIpc) is 3.25. The molecule has 0 spiro atoms. The molecule has 1 aliphatic carbocycles. The molecule has 8 heteroatoms. The summed E-state index contributed by atoms with van der Waals surface area (Å²) in [5.74, 6) is -0.532. The summed E-state index contributed by atoms with van der Waals surface area (Å²) in [6.45, 7) is 6.03. The molecule has 0 bridgehead atoms.